The molecule has 0 aliphatic carbocycles. The summed E-state index contributed by atoms with van der Waals surface area (Å²) in [6.07, 6.45) is 4.89. The summed E-state index contributed by atoms with van der Waals surface area (Å²) in [5.74, 6) is 0. The van der Waals surface area contributed by atoms with Gasteiger partial charge in [-0.15, -0.1) is 0 Å². The van der Waals surface area contributed by atoms with Crippen molar-refractivity contribution in [3.8, 4) is 0 Å². The number of nitrogens with one attached hydrogen (secondary N) is 1. The molecule has 0 unspecified atom stereocenters. The molecule has 0 aromatic heterocycles. The quantitative estimate of drug-likeness (QED) is 0.433. The Balaban J connectivity index is 1.67. The maximum absolute atomic E-state index is 5.75. The zero-order chi connectivity index (χ0) is 16.4. The first-order valence-electron chi connectivity index (χ1n) is 9.06. The molecule has 0 radical (unpaired) electrons. The monoisotopic (exact) mass is 333 g/mol. The van der Waals surface area contributed by atoms with Crippen molar-refractivity contribution in [1.82, 2.24) is 5.32 Å². The minimum Gasteiger partial charge on any atom is -0.379 e. The van der Waals surface area contributed by atoms with Crippen LogP contribution in [0.15, 0.2) is 0 Å². The van der Waals surface area contributed by atoms with E-state index in [-0.39, 0.29) is 0 Å². The van der Waals surface area contributed by atoms with E-state index in [0.29, 0.717) is 59.0 Å². The largest absolute Gasteiger partial charge is 0.379 e. The third-order valence-corrected chi connectivity index (χ3v) is 3.63. The van der Waals surface area contributed by atoms with Gasteiger partial charge in [0.2, 0.25) is 0 Å². The third-order valence-electron chi connectivity index (χ3n) is 3.63. The van der Waals surface area contributed by atoms with Crippen LogP contribution in [0.2, 0.25) is 0 Å². The highest BCUT2D eigenvalue weighted by atomic mass is 16.6. The van der Waals surface area contributed by atoms with Gasteiger partial charge in [0.1, 0.15) is 0 Å². The van der Waals surface area contributed by atoms with Crippen LogP contribution in [0.4, 0.5) is 0 Å². The van der Waals surface area contributed by atoms with Crippen molar-refractivity contribution >= 4 is 0 Å². The van der Waals surface area contributed by atoms with Crippen molar-refractivity contribution < 1.29 is 23.7 Å². The minimum absolute atomic E-state index is 0.402. The zero-order valence-electron chi connectivity index (χ0n) is 14.7. The Morgan fingerprint density at radius 3 is 1.70 bits per heavy atom. The van der Waals surface area contributed by atoms with Crippen molar-refractivity contribution in [2.24, 2.45) is 0 Å². The van der Waals surface area contributed by atoms with Crippen LogP contribution in [0.1, 0.15) is 32.6 Å². The van der Waals surface area contributed by atoms with E-state index in [1.165, 1.54) is 6.42 Å². The van der Waals surface area contributed by atoms with E-state index in [0.717, 1.165) is 39.0 Å². The Labute approximate surface area is 141 Å². The predicted molar refractivity (Wildman–Crippen MR) is 90.0 cm³/mol. The van der Waals surface area contributed by atoms with Crippen molar-refractivity contribution in [2.45, 2.75) is 38.7 Å². The second kappa shape index (κ2) is 16.6. The molecule has 138 valence electrons. The van der Waals surface area contributed by atoms with Gasteiger partial charge in [0.15, 0.2) is 0 Å². The van der Waals surface area contributed by atoms with Crippen molar-refractivity contribution in [3.05, 3.63) is 0 Å². The first-order chi connectivity index (χ1) is 11.4. The number of ether oxygens (including phenoxy) is 5. The molecule has 0 amide bonds. The fraction of sp³-hybridized carbons (Fsp3) is 1.00. The van der Waals surface area contributed by atoms with Crippen LogP contribution in [0.3, 0.4) is 0 Å². The average molecular weight is 333 g/mol. The van der Waals surface area contributed by atoms with Gasteiger partial charge in [-0.3, -0.25) is 0 Å². The molecule has 1 N–H and O–H groups in total. The molecule has 6 nitrogen and oxygen atoms in total. The van der Waals surface area contributed by atoms with Gasteiger partial charge < -0.3 is 29.0 Å². The van der Waals surface area contributed by atoms with Gasteiger partial charge >= 0.3 is 0 Å². The summed E-state index contributed by atoms with van der Waals surface area (Å²) in [5, 5.41) is 3.32. The molecule has 1 fully saturated rings. The molecule has 0 saturated carbocycles. The summed E-state index contributed by atoms with van der Waals surface area (Å²) >= 11 is 0. The summed E-state index contributed by atoms with van der Waals surface area (Å²) < 4.78 is 27.5. The summed E-state index contributed by atoms with van der Waals surface area (Å²) in [4.78, 5) is 0. The smallest absolute Gasteiger partial charge is 0.0704 e. The summed E-state index contributed by atoms with van der Waals surface area (Å²) in [6.45, 7) is 10.1. The van der Waals surface area contributed by atoms with E-state index in [9.17, 15) is 0 Å². The molecule has 0 aromatic rings. The number of piperidine rings is 1. The molecular formula is C17H35NO5. The molecule has 0 aromatic carbocycles. The predicted octanol–water partition coefficient (Wildman–Crippen LogP) is 1.62. The van der Waals surface area contributed by atoms with Crippen LogP contribution in [0, 0.1) is 0 Å². The molecule has 1 aliphatic heterocycles. The van der Waals surface area contributed by atoms with Crippen molar-refractivity contribution in [2.75, 3.05) is 72.6 Å². The molecular weight excluding hydrogens is 298 g/mol. The fourth-order valence-electron chi connectivity index (χ4n) is 2.24. The van der Waals surface area contributed by atoms with E-state index < -0.39 is 0 Å². The number of unbranched alkanes of at least 4 members (excludes halogenated alkanes) is 1. The zero-order valence-corrected chi connectivity index (χ0v) is 14.7. The maximum Gasteiger partial charge on any atom is 0.0704 e. The standard InChI is InChI=1S/C17H35NO5/c1-2-3-8-19-9-10-20-11-12-21-13-14-22-15-16-23-17-4-6-18-7-5-17/h17-18H,2-16H2,1H3. The lowest BCUT2D eigenvalue weighted by molar-refractivity contribution is -0.0280. The topological polar surface area (TPSA) is 58.2 Å². The van der Waals surface area contributed by atoms with Crippen LogP contribution in [0.5, 0.6) is 0 Å². The van der Waals surface area contributed by atoms with Crippen LogP contribution in [0.25, 0.3) is 0 Å². The normalized spacial score (nSPS) is 16.0. The van der Waals surface area contributed by atoms with E-state index in [2.05, 4.69) is 12.2 Å². The van der Waals surface area contributed by atoms with Gasteiger partial charge in [0.05, 0.1) is 59.0 Å². The van der Waals surface area contributed by atoms with Crippen LogP contribution >= 0.6 is 0 Å². The number of hydrogen-bond donors (Lipinski definition) is 1. The van der Waals surface area contributed by atoms with Crippen molar-refractivity contribution in [1.29, 1.82) is 0 Å². The van der Waals surface area contributed by atoms with E-state index in [4.69, 9.17) is 23.7 Å². The van der Waals surface area contributed by atoms with Gasteiger partial charge in [0, 0.05) is 6.61 Å². The molecule has 1 aliphatic rings. The van der Waals surface area contributed by atoms with Gasteiger partial charge in [0.25, 0.3) is 0 Å². The highest BCUT2D eigenvalue weighted by Gasteiger charge is 2.12. The van der Waals surface area contributed by atoms with Gasteiger partial charge in [-0.25, -0.2) is 0 Å². The molecule has 1 heterocycles. The minimum atomic E-state index is 0.402. The first kappa shape index (κ1) is 20.8. The lowest BCUT2D eigenvalue weighted by Gasteiger charge is -2.22. The lowest BCUT2D eigenvalue weighted by atomic mass is 10.1. The van der Waals surface area contributed by atoms with Gasteiger partial charge in [-0.05, 0) is 32.4 Å². The van der Waals surface area contributed by atoms with Gasteiger partial charge in [-0.2, -0.15) is 0 Å². The average Bonchev–Trinajstić information content (AvgIpc) is 2.59. The molecule has 23 heavy (non-hydrogen) atoms. The number of rotatable bonds is 16. The highest BCUT2D eigenvalue weighted by molar-refractivity contribution is 4.67. The second-order valence-electron chi connectivity index (χ2n) is 5.62. The number of hydrogen-bond acceptors (Lipinski definition) is 6. The third kappa shape index (κ3) is 13.9. The van der Waals surface area contributed by atoms with Crippen molar-refractivity contribution in [3.63, 3.8) is 0 Å². The van der Waals surface area contributed by atoms with E-state index in [1.807, 2.05) is 0 Å². The first-order valence-corrected chi connectivity index (χ1v) is 9.06. The van der Waals surface area contributed by atoms with E-state index in [1.54, 1.807) is 0 Å². The Morgan fingerprint density at radius 2 is 1.17 bits per heavy atom. The SMILES string of the molecule is CCCCOCCOCCOCCOCCOC1CCNCC1. The van der Waals surface area contributed by atoms with Crippen LogP contribution in [-0.4, -0.2) is 78.7 Å². The molecule has 6 heteroatoms. The van der Waals surface area contributed by atoms with Crippen LogP contribution < -0.4 is 5.32 Å². The lowest BCUT2D eigenvalue weighted by Crippen LogP contribution is -2.33. The van der Waals surface area contributed by atoms with E-state index >= 15 is 0 Å². The van der Waals surface area contributed by atoms with Crippen LogP contribution in [-0.2, 0) is 23.7 Å². The summed E-state index contributed by atoms with van der Waals surface area (Å²) in [5.41, 5.74) is 0. The Hall–Kier alpha value is -0.240. The molecule has 0 bridgehead atoms. The Kier molecular flexibility index (Phi) is 15.0. The second-order valence-corrected chi connectivity index (χ2v) is 5.62. The molecule has 0 atom stereocenters. The van der Waals surface area contributed by atoms with Gasteiger partial charge in [-0.1, -0.05) is 13.3 Å². The fourth-order valence-corrected chi connectivity index (χ4v) is 2.24. The summed E-state index contributed by atoms with van der Waals surface area (Å²) in [7, 11) is 0. The maximum atomic E-state index is 5.75. The summed E-state index contributed by atoms with van der Waals surface area (Å²) in [6, 6.07) is 0. The highest BCUT2D eigenvalue weighted by Crippen LogP contribution is 2.06. The molecule has 0 spiro atoms. The molecule has 1 saturated heterocycles. The Bertz CT molecular complexity index is 237. The Morgan fingerprint density at radius 1 is 0.696 bits per heavy atom. The molecule has 1 rings (SSSR count).